The van der Waals surface area contributed by atoms with Crippen LogP contribution in [-0.2, 0) is 33.3 Å². The molecule has 2 aromatic rings. The SMILES string of the molecule is CCCCCCCCCCCCCCCCCCCCCCCCC#Cc1cc(C#CCCCCCCCCCCCCCCCCCCCCCCCC)cc(C2=C(CCCC)C(CCCC)=C(c3cc(CCCC)cc(CCCC)c3)[N+]2=[N-])c1.[CH2-]CCCCCCCCCCCCCCCCCCCC.[CH2-]CCCCCCCCCCCCCCCCCCCC.[Pd+2]. The van der Waals surface area contributed by atoms with Crippen molar-refractivity contribution in [2.45, 2.75) is 672 Å². The van der Waals surface area contributed by atoms with Gasteiger partial charge < -0.3 is 19.4 Å². The van der Waals surface area contributed by atoms with E-state index < -0.39 is 0 Å². The van der Waals surface area contributed by atoms with Crippen molar-refractivity contribution in [2.75, 3.05) is 0 Å². The minimum atomic E-state index is 0. The molecule has 0 aromatic heterocycles. The van der Waals surface area contributed by atoms with Gasteiger partial charge in [-0.25, -0.2) is 4.70 Å². The summed E-state index contributed by atoms with van der Waals surface area (Å²) in [5, 5.41) is 0. The second-order valence-corrected chi connectivity index (χ2v) is 40.9. The Morgan fingerprint density at radius 2 is 0.372 bits per heavy atom. The molecule has 129 heavy (non-hydrogen) atoms. The van der Waals surface area contributed by atoms with Crippen molar-refractivity contribution in [1.82, 2.24) is 0 Å². The zero-order valence-corrected chi connectivity index (χ0v) is 90.5. The van der Waals surface area contributed by atoms with Crippen LogP contribution in [0.5, 0.6) is 0 Å². The quantitative estimate of drug-likeness (QED) is 0.0207. The van der Waals surface area contributed by atoms with Gasteiger partial charge in [0.05, 0.1) is 0 Å². The van der Waals surface area contributed by atoms with E-state index in [1.807, 2.05) is 0 Å². The Morgan fingerprint density at radius 3 is 0.566 bits per heavy atom. The molecule has 3 heteroatoms. The zero-order valence-electron chi connectivity index (χ0n) is 89.0. The average Bonchev–Trinajstić information content (AvgIpc) is 1.60. The van der Waals surface area contributed by atoms with Crippen molar-refractivity contribution in [2.24, 2.45) is 0 Å². The van der Waals surface area contributed by atoms with E-state index in [4.69, 9.17) is 0 Å². The second-order valence-electron chi connectivity index (χ2n) is 40.9. The number of hydrogen-bond donors (Lipinski definition) is 0. The molecule has 0 atom stereocenters. The van der Waals surface area contributed by atoms with Crippen LogP contribution in [0.15, 0.2) is 47.5 Å². The van der Waals surface area contributed by atoms with Gasteiger partial charge in [-0.05, 0) is 106 Å². The maximum absolute atomic E-state index is 12.8. The summed E-state index contributed by atoms with van der Waals surface area (Å²) in [5.41, 5.74) is 24.5. The third-order valence-corrected chi connectivity index (χ3v) is 28.1. The van der Waals surface area contributed by atoms with E-state index in [0.717, 1.165) is 105 Å². The molecule has 1 heterocycles. The van der Waals surface area contributed by atoms with Crippen molar-refractivity contribution >= 4 is 11.4 Å². The molecule has 750 valence electrons. The van der Waals surface area contributed by atoms with Crippen LogP contribution in [0.3, 0.4) is 0 Å². The average molecular weight is 1880 g/mol. The molecule has 3 rings (SSSR count). The Hall–Kier alpha value is -2.70. The van der Waals surface area contributed by atoms with Gasteiger partial charge in [-0.15, -0.1) is 0 Å². The minimum Gasteiger partial charge on any atom is -0.493 e. The molecule has 1 aliphatic rings. The number of aryl methyl sites for hydroxylation is 2. The molecule has 0 unspecified atom stereocenters. The van der Waals surface area contributed by atoms with Crippen LogP contribution in [0, 0.1) is 37.5 Å². The molecule has 2 aromatic carbocycles. The first kappa shape index (κ1) is 126. The Bertz CT molecular complexity index is 2660. The Kier molecular flexibility index (Phi) is 102. The van der Waals surface area contributed by atoms with Crippen LogP contribution in [0.1, 0.15) is 692 Å². The molecule has 2 nitrogen and oxygen atoms in total. The summed E-state index contributed by atoms with van der Waals surface area (Å²) in [4.78, 5) is 0. The third-order valence-electron chi connectivity index (χ3n) is 28.1. The molecule has 0 saturated heterocycles. The van der Waals surface area contributed by atoms with Crippen molar-refractivity contribution in [3.8, 4) is 23.7 Å². The summed E-state index contributed by atoms with van der Waals surface area (Å²) in [6.07, 6.45) is 132. The van der Waals surface area contributed by atoms with E-state index in [9.17, 15) is 5.53 Å². The van der Waals surface area contributed by atoms with Crippen LogP contribution < -0.4 is 0 Å². The van der Waals surface area contributed by atoms with Crippen molar-refractivity contribution < 1.29 is 25.1 Å². The number of rotatable bonds is 94. The first-order valence-electron chi connectivity index (χ1n) is 59.1. The fourth-order valence-electron chi connectivity index (χ4n) is 19.5. The molecule has 0 radical (unpaired) electrons. The van der Waals surface area contributed by atoms with E-state index >= 15 is 0 Å². The van der Waals surface area contributed by atoms with Crippen LogP contribution in [-0.4, -0.2) is 4.70 Å². The van der Waals surface area contributed by atoms with E-state index in [-0.39, 0.29) is 20.4 Å². The number of hydrogen-bond acceptors (Lipinski definition) is 0. The molecule has 0 fully saturated rings. The van der Waals surface area contributed by atoms with E-state index in [0.29, 0.717) is 0 Å². The minimum absolute atomic E-state index is 0. The predicted octanol–water partition coefficient (Wildman–Crippen LogP) is 45.1. The molecule has 0 aliphatic carbocycles. The fourth-order valence-corrected chi connectivity index (χ4v) is 19.5. The van der Waals surface area contributed by atoms with E-state index in [2.05, 4.69) is 129 Å². The van der Waals surface area contributed by atoms with Gasteiger partial charge in [0.1, 0.15) is 0 Å². The summed E-state index contributed by atoms with van der Waals surface area (Å²) in [6.45, 7) is 26.2. The third kappa shape index (κ3) is 81.1. The monoisotopic (exact) mass is 1870 g/mol. The van der Waals surface area contributed by atoms with Crippen molar-refractivity contribution in [3.63, 3.8) is 0 Å². The molecule has 0 bridgehead atoms. The van der Waals surface area contributed by atoms with Gasteiger partial charge in [-0.3, -0.25) is 0 Å². The summed E-state index contributed by atoms with van der Waals surface area (Å²) >= 11 is 0. The van der Waals surface area contributed by atoms with Crippen LogP contribution in [0.2, 0.25) is 0 Å². The Labute approximate surface area is 826 Å². The summed E-state index contributed by atoms with van der Waals surface area (Å²) in [7, 11) is 0. The van der Waals surface area contributed by atoms with Crippen molar-refractivity contribution in [3.05, 3.63) is 100 Å². The summed E-state index contributed by atoms with van der Waals surface area (Å²) < 4.78 is 1.61. The van der Waals surface area contributed by atoms with E-state index in [1.54, 1.807) is 4.70 Å². The molecule has 0 N–H and O–H groups in total. The summed E-state index contributed by atoms with van der Waals surface area (Å²) in [6, 6.07) is 14.0. The van der Waals surface area contributed by atoms with Gasteiger partial charge in [-0.1, -0.05) is 612 Å². The van der Waals surface area contributed by atoms with Crippen LogP contribution in [0.25, 0.3) is 16.9 Å². The topological polar surface area (TPSA) is 25.3 Å². The van der Waals surface area contributed by atoms with Crippen molar-refractivity contribution in [1.29, 1.82) is 0 Å². The number of unbranched alkanes of at least 4 members (excludes halogenated alkanes) is 84. The normalized spacial score (nSPS) is 11.9. The largest absolute Gasteiger partial charge is 2.00 e. The first-order chi connectivity index (χ1) is 63.3. The maximum atomic E-state index is 12.8. The number of allylic oxidation sites excluding steroid dienone is 2. The van der Waals surface area contributed by atoms with Gasteiger partial charge in [0, 0.05) is 46.2 Å². The van der Waals surface area contributed by atoms with E-state index in [1.165, 1.54) is 567 Å². The fraction of sp³-hybridized carbons (Fsp3) is 0.825. The Morgan fingerprint density at radius 1 is 0.202 bits per heavy atom. The van der Waals surface area contributed by atoms with Gasteiger partial charge in [-0.2, -0.15) is 12.8 Å². The Balaban J connectivity index is 0.00000309. The van der Waals surface area contributed by atoms with Gasteiger partial charge in [0.15, 0.2) is 0 Å². The molecule has 0 saturated carbocycles. The first-order valence-corrected chi connectivity index (χ1v) is 59.1. The molecular weight excluding hydrogens is 1650 g/mol. The molecule has 1 aliphatic heterocycles. The van der Waals surface area contributed by atoms with Crippen LogP contribution >= 0.6 is 0 Å². The predicted molar refractivity (Wildman–Crippen MR) is 582 cm³/mol. The standard InChI is InChI=1S/C84H140N2.2C21H43.Pd/c1-7-13-19-21-23-25-27-29-31-33-35-37-39-41-43-45-47-49-51-53-55-57-59-61-65-77-70-78(66-62-60-58-56-54-52-50-48-46-44-42-40-38-36-34-32-30-28-26-24-22-20-14-8-2)74-80(73-77)84-82(68-18-12-6)81(67-17-11-5)83(86(84)85)79-71-75(63-15-9-3)69-76(72-79)64-16-10-4;2*1-3-5-7-9-11-13-15-17-19-21-20-18-16-14-12-10-8-6-4-2;/h69-74H,7-60,63-64,67-68H2,1-6H3;2*1,3-21H2,2H3;/q;2*-1;+2. The van der Waals surface area contributed by atoms with Gasteiger partial charge in [0.2, 0.25) is 11.4 Å². The molecular formula is C126H226N2Pd. The summed E-state index contributed by atoms with van der Waals surface area (Å²) in [5.74, 6) is 14.5. The van der Waals surface area contributed by atoms with Gasteiger partial charge in [0.25, 0.3) is 0 Å². The number of benzene rings is 2. The molecule has 0 amide bonds. The smallest absolute Gasteiger partial charge is 0.493 e. The van der Waals surface area contributed by atoms with Crippen LogP contribution in [0.4, 0.5) is 0 Å². The zero-order chi connectivity index (χ0) is 92.3. The number of nitrogens with zero attached hydrogens (tertiary/aromatic N) is 2. The van der Waals surface area contributed by atoms with Gasteiger partial charge >= 0.3 is 20.4 Å². The second kappa shape index (κ2) is 104. The molecule has 0 spiro atoms. The maximum Gasteiger partial charge on any atom is 2.00 e.